The minimum absolute atomic E-state index is 0.289. The van der Waals surface area contributed by atoms with Gasteiger partial charge in [-0.3, -0.25) is 4.90 Å². The van der Waals surface area contributed by atoms with Gasteiger partial charge in [-0.05, 0) is 49.1 Å². The molecule has 0 amide bonds. The number of rotatable bonds is 5. The SMILES string of the molecule is OC(CC1COCCN1CC1CC2C=CC1C2)c1ccco1. The largest absolute Gasteiger partial charge is 0.467 e. The van der Waals surface area contributed by atoms with Gasteiger partial charge in [0.25, 0.3) is 0 Å². The Morgan fingerprint density at radius 2 is 2.27 bits per heavy atom. The van der Waals surface area contributed by atoms with Crippen LogP contribution in [0.3, 0.4) is 0 Å². The second-order valence-electron chi connectivity index (χ2n) is 7.03. The molecule has 0 aromatic carbocycles. The van der Waals surface area contributed by atoms with E-state index < -0.39 is 6.10 Å². The van der Waals surface area contributed by atoms with Crippen LogP contribution in [-0.2, 0) is 4.74 Å². The van der Waals surface area contributed by atoms with Crippen LogP contribution in [0.4, 0.5) is 0 Å². The van der Waals surface area contributed by atoms with Crippen LogP contribution in [0.5, 0.6) is 0 Å². The first-order valence-corrected chi connectivity index (χ1v) is 8.51. The Bertz CT molecular complexity index is 512. The first kappa shape index (κ1) is 14.5. The summed E-state index contributed by atoms with van der Waals surface area (Å²) in [5, 5.41) is 10.4. The van der Waals surface area contributed by atoms with Crippen molar-refractivity contribution in [3.05, 3.63) is 36.3 Å². The summed E-state index contributed by atoms with van der Waals surface area (Å²) in [6.45, 7) is 3.65. The number of allylic oxidation sites excluding steroid dienone is 2. The minimum atomic E-state index is -0.538. The van der Waals surface area contributed by atoms with Crippen LogP contribution >= 0.6 is 0 Å². The quantitative estimate of drug-likeness (QED) is 0.849. The monoisotopic (exact) mass is 303 g/mol. The van der Waals surface area contributed by atoms with Crippen molar-refractivity contribution in [2.45, 2.75) is 31.4 Å². The Kier molecular flexibility index (Phi) is 4.07. The van der Waals surface area contributed by atoms with Gasteiger partial charge in [-0.25, -0.2) is 0 Å². The van der Waals surface area contributed by atoms with Crippen molar-refractivity contribution < 1.29 is 14.3 Å². The molecule has 1 aliphatic heterocycles. The molecule has 0 spiro atoms. The summed E-state index contributed by atoms with van der Waals surface area (Å²) in [4.78, 5) is 2.54. The maximum Gasteiger partial charge on any atom is 0.132 e. The van der Waals surface area contributed by atoms with Crippen molar-refractivity contribution in [1.29, 1.82) is 0 Å². The van der Waals surface area contributed by atoms with Crippen molar-refractivity contribution in [3.63, 3.8) is 0 Å². The fourth-order valence-electron chi connectivity index (χ4n) is 4.41. The highest BCUT2D eigenvalue weighted by Crippen LogP contribution is 2.44. The van der Waals surface area contributed by atoms with Gasteiger partial charge in [0.2, 0.25) is 0 Å². The number of aliphatic hydroxyl groups excluding tert-OH is 1. The lowest BCUT2D eigenvalue weighted by atomic mass is 9.92. The number of aliphatic hydroxyl groups is 1. The summed E-state index contributed by atoms with van der Waals surface area (Å²) in [7, 11) is 0. The molecule has 120 valence electrons. The summed E-state index contributed by atoms with van der Waals surface area (Å²) in [6.07, 6.45) is 9.29. The van der Waals surface area contributed by atoms with Crippen molar-refractivity contribution in [3.8, 4) is 0 Å². The Morgan fingerprint density at radius 3 is 3.00 bits per heavy atom. The fraction of sp³-hybridized carbons (Fsp3) is 0.667. The third kappa shape index (κ3) is 2.87. The molecule has 2 fully saturated rings. The van der Waals surface area contributed by atoms with Crippen LogP contribution in [0.25, 0.3) is 0 Å². The van der Waals surface area contributed by atoms with Gasteiger partial charge in [-0.2, -0.15) is 0 Å². The van der Waals surface area contributed by atoms with E-state index in [4.69, 9.17) is 9.15 Å². The van der Waals surface area contributed by atoms with Crippen LogP contribution in [0.1, 0.15) is 31.1 Å². The Balaban J connectivity index is 1.38. The van der Waals surface area contributed by atoms with Gasteiger partial charge in [0.15, 0.2) is 0 Å². The summed E-state index contributed by atoms with van der Waals surface area (Å²) in [6, 6.07) is 3.96. The van der Waals surface area contributed by atoms with E-state index in [2.05, 4.69) is 17.1 Å². The predicted molar refractivity (Wildman–Crippen MR) is 83.3 cm³/mol. The van der Waals surface area contributed by atoms with Crippen LogP contribution in [-0.4, -0.2) is 42.4 Å². The second-order valence-corrected chi connectivity index (χ2v) is 7.03. The van der Waals surface area contributed by atoms with Crippen molar-refractivity contribution in [1.82, 2.24) is 4.90 Å². The van der Waals surface area contributed by atoms with Crippen LogP contribution in [0.2, 0.25) is 0 Å². The lowest BCUT2D eigenvalue weighted by Crippen LogP contribution is -2.48. The van der Waals surface area contributed by atoms with E-state index in [1.165, 1.54) is 12.8 Å². The highest BCUT2D eigenvalue weighted by Gasteiger charge is 2.38. The Hall–Kier alpha value is -1.10. The van der Waals surface area contributed by atoms with Gasteiger partial charge >= 0.3 is 0 Å². The van der Waals surface area contributed by atoms with E-state index in [0.29, 0.717) is 18.8 Å². The van der Waals surface area contributed by atoms with Crippen LogP contribution < -0.4 is 0 Å². The number of morpholine rings is 1. The lowest BCUT2D eigenvalue weighted by molar-refractivity contribution is -0.0356. The topological polar surface area (TPSA) is 45.8 Å². The first-order valence-electron chi connectivity index (χ1n) is 8.51. The number of ether oxygens (including phenoxy) is 1. The zero-order valence-corrected chi connectivity index (χ0v) is 12.9. The molecule has 22 heavy (non-hydrogen) atoms. The first-order chi connectivity index (χ1) is 10.8. The van der Waals surface area contributed by atoms with Crippen LogP contribution in [0.15, 0.2) is 35.0 Å². The average Bonchev–Trinajstić information content (AvgIpc) is 3.27. The Labute approximate surface area is 131 Å². The van der Waals surface area contributed by atoms with E-state index in [1.807, 2.05) is 12.1 Å². The molecule has 4 rings (SSSR count). The van der Waals surface area contributed by atoms with Gasteiger partial charge < -0.3 is 14.3 Å². The van der Waals surface area contributed by atoms with Gasteiger partial charge in [0, 0.05) is 19.1 Å². The van der Waals surface area contributed by atoms with E-state index in [9.17, 15) is 5.11 Å². The molecule has 1 N–H and O–H groups in total. The number of hydrogen-bond acceptors (Lipinski definition) is 4. The van der Waals surface area contributed by atoms with Crippen molar-refractivity contribution in [2.24, 2.45) is 17.8 Å². The molecule has 1 aromatic rings. The van der Waals surface area contributed by atoms with Crippen LogP contribution in [0, 0.1) is 17.8 Å². The molecule has 1 aromatic heterocycles. The summed E-state index contributed by atoms with van der Waals surface area (Å²) >= 11 is 0. The Morgan fingerprint density at radius 1 is 1.32 bits per heavy atom. The molecule has 2 aliphatic carbocycles. The molecule has 1 saturated heterocycles. The second kappa shape index (κ2) is 6.19. The normalized spacial score (nSPS) is 36.0. The summed E-state index contributed by atoms with van der Waals surface area (Å²) in [5.41, 5.74) is 0. The molecule has 0 radical (unpaired) electrons. The smallest absolute Gasteiger partial charge is 0.132 e. The maximum atomic E-state index is 10.4. The fourth-order valence-corrected chi connectivity index (χ4v) is 4.41. The van der Waals surface area contributed by atoms with Crippen molar-refractivity contribution in [2.75, 3.05) is 26.3 Å². The number of furan rings is 1. The summed E-state index contributed by atoms with van der Waals surface area (Å²) in [5.74, 6) is 3.05. The summed E-state index contributed by atoms with van der Waals surface area (Å²) < 4.78 is 11.0. The maximum absolute atomic E-state index is 10.4. The lowest BCUT2D eigenvalue weighted by Gasteiger charge is -2.38. The standard InChI is InChI=1S/C18H25NO3/c20-17(18-2-1-6-22-18)10-16-12-21-7-5-19(16)11-15-9-13-3-4-14(15)8-13/h1-4,6,13-17,20H,5,7-12H2. The van der Waals surface area contributed by atoms with E-state index >= 15 is 0 Å². The molecule has 4 heteroatoms. The highest BCUT2D eigenvalue weighted by atomic mass is 16.5. The van der Waals surface area contributed by atoms with Gasteiger partial charge in [-0.1, -0.05) is 12.2 Å². The van der Waals surface area contributed by atoms with E-state index in [0.717, 1.165) is 37.5 Å². The van der Waals surface area contributed by atoms with Crippen molar-refractivity contribution >= 4 is 0 Å². The highest BCUT2D eigenvalue weighted by molar-refractivity contribution is 5.10. The average molecular weight is 303 g/mol. The number of hydrogen-bond donors (Lipinski definition) is 1. The molecular weight excluding hydrogens is 278 g/mol. The zero-order chi connectivity index (χ0) is 14.9. The number of fused-ring (bicyclic) bond motifs is 2. The molecule has 2 heterocycles. The van der Waals surface area contributed by atoms with Gasteiger partial charge in [0.1, 0.15) is 11.9 Å². The molecule has 3 aliphatic rings. The molecular formula is C18H25NO3. The molecule has 4 nitrogen and oxygen atoms in total. The zero-order valence-electron chi connectivity index (χ0n) is 12.9. The minimum Gasteiger partial charge on any atom is -0.467 e. The number of nitrogens with zero attached hydrogens (tertiary/aromatic N) is 1. The third-order valence-corrected chi connectivity index (χ3v) is 5.60. The van der Waals surface area contributed by atoms with Gasteiger partial charge in [0.05, 0.1) is 19.5 Å². The molecule has 5 unspecified atom stereocenters. The van der Waals surface area contributed by atoms with E-state index in [1.54, 1.807) is 6.26 Å². The third-order valence-electron chi connectivity index (χ3n) is 5.60. The predicted octanol–water partition coefficient (Wildman–Crippen LogP) is 2.62. The molecule has 2 bridgehead atoms. The van der Waals surface area contributed by atoms with E-state index in [-0.39, 0.29) is 6.04 Å². The van der Waals surface area contributed by atoms with Gasteiger partial charge in [-0.15, -0.1) is 0 Å². The molecule has 5 atom stereocenters. The molecule has 1 saturated carbocycles.